The standard InChI is InChI=1S/C28H25ClN2O3/c1-28(2,27(32)33)34-25-9-4-3-8-23(25)26(30)20-7-5-6-18(16-20)10-14-22-15-12-19-11-13-21(29)17-24(19)31-22/h3-17,26H,30H2,1-2H3,(H,32,33)/b14-10+. The van der Waals surface area contributed by atoms with Crippen LogP contribution >= 0.6 is 11.6 Å². The molecule has 3 N–H and O–H groups in total. The maximum atomic E-state index is 11.5. The fourth-order valence-electron chi connectivity index (χ4n) is 3.57. The van der Waals surface area contributed by atoms with Crippen LogP contribution in [-0.4, -0.2) is 21.7 Å². The Bertz CT molecular complexity index is 1380. The van der Waals surface area contributed by atoms with Gasteiger partial charge in [-0.25, -0.2) is 9.78 Å². The Hall–Kier alpha value is -3.67. The number of fused-ring (bicyclic) bond motifs is 1. The number of pyridine rings is 1. The number of carboxylic acids is 1. The number of para-hydroxylation sites is 1. The van der Waals surface area contributed by atoms with Crippen molar-refractivity contribution in [1.82, 2.24) is 4.98 Å². The van der Waals surface area contributed by atoms with E-state index in [4.69, 9.17) is 22.1 Å². The summed E-state index contributed by atoms with van der Waals surface area (Å²) < 4.78 is 5.80. The lowest BCUT2D eigenvalue weighted by Crippen LogP contribution is -2.38. The number of aromatic nitrogens is 1. The predicted molar refractivity (Wildman–Crippen MR) is 137 cm³/mol. The molecule has 0 aliphatic rings. The highest BCUT2D eigenvalue weighted by Crippen LogP contribution is 2.31. The Kier molecular flexibility index (Phi) is 6.68. The van der Waals surface area contributed by atoms with Crippen molar-refractivity contribution in [3.8, 4) is 5.75 Å². The zero-order valence-corrected chi connectivity index (χ0v) is 19.7. The van der Waals surface area contributed by atoms with Gasteiger partial charge in [0, 0.05) is 16.0 Å². The molecule has 0 saturated heterocycles. The van der Waals surface area contributed by atoms with E-state index < -0.39 is 17.6 Å². The Labute approximate surface area is 203 Å². The van der Waals surface area contributed by atoms with Crippen LogP contribution in [0.15, 0.2) is 78.9 Å². The minimum atomic E-state index is -1.38. The first kappa shape index (κ1) is 23.5. The lowest BCUT2D eigenvalue weighted by molar-refractivity contribution is -0.152. The number of aliphatic carboxylic acids is 1. The number of halogens is 1. The van der Waals surface area contributed by atoms with Gasteiger partial charge in [0.25, 0.3) is 0 Å². The topological polar surface area (TPSA) is 85.4 Å². The third-order valence-corrected chi connectivity index (χ3v) is 5.76. The van der Waals surface area contributed by atoms with Gasteiger partial charge in [-0.3, -0.25) is 0 Å². The molecule has 4 aromatic rings. The Morgan fingerprint density at radius 1 is 1.03 bits per heavy atom. The van der Waals surface area contributed by atoms with E-state index in [1.165, 1.54) is 13.8 Å². The first-order chi connectivity index (χ1) is 16.2. The van der Waals surface area contributed by atoms with Crippen LogP contribution in [0.2, 0.25) is 5.02 Å². The van der Waals surface area contributed by atoms with Crippen LogP contribution in [0.5, 0.6) is 5.75 Å². The zero-order valence-electron chi connectivity index (χ0n) is 18.9. The number of benzene rings is 3. The quantitative estimate of drug-likeness (QED) is 0.327. The number of ether oxygens (including phenoxy) is 1. The van der Waals surface area contributed by atoms with Crippen molar-refractivity contribution in [1.29, 1.82) is 0 Å². The molecular formula is C28H25ClN2O3. The minimum Gasteiger partial charge on any atom is -0.478 e. The van der Waals surface area contributed by atoms with E-state index in [0.717, 1.165) is 27.7 Å². The molecule has 172 valence electrons. The van der Waals surface area contributed by atoms with Gasteiger partial charge in [-0.05, 0) is 61.4 Å². The Balaban J connectivity index is 1.59. The maximum absolute atomic E-state index is 11.5. The van der Waals surface area contributed by atoms with Crippen LogP contribution in [0, 0.1) is 0 Å². The van der Waals surface area contributed by atoms with Crippen molar-refractivity contribution in [3.05, 3.63) is 106 Å². The number of carbonyl (C=O) groups is 1. The molecule has 1 atom stereocenters. The molecule has 1 unspecified atom stereocenters. The second-order valence-corrected chi connectivity index (χ2v) is 8.95. The van der Waals surface area contributed by atoms with E-state index in [9.17, 15) is 9.90 Å². The van der Waals surface area contributed by atoms with Gasteiger partial charge in [-0.1, -0.05) is 66.2 Å². The van der Waals surface area contributed by atoms with Crippen LogP contribution in [0.1, 0.15) is 42.3 Å². The van der Waals surface area contributed by atoms with E-state index in [1.54, 1.807) is 12.1 Å². The fraction of sp³-hybridized carbons (Fsp3) is 0.143. The Morgan fingerprint density at radius 3 is 2.59 bits per heavy atom. The van der Waals surface area contributed by atoms with Crippen molar-refractivity contribution in [2.24, 2.45) is 5.73 Å². The number of rotatable bonds is 7. The summed E-state index contributed by atoms with van der Waals surface area (Å²) >= 11 is 6.10. The van der Waals surface area contributed by atoms with E-state index in [-0.39, 0.29) is 0 Å². The van der Waals surface area contributed by atoms with Crippen molar-refractivity contribution in [2.45, 2.75) is 25.5 Å². The number of hydrogen-bond donors (Lipinski definition) is 2. The second kappa shape index (κ2) is 9.67. The average Bonchev–Trinajstić information content (AvgIpc) is 2.82. The van der Waals surface area contributed by atoms with Gasteiger partial charge in [0.05, 0.1) is 17.3 Å². The third-order valence-electron chi connectivity index (χ3n) is 5.53. The summed E-state index contributed by atoms with van der Waals surface area (Å²) in [7, 11) is 0. The number of carboxylic acid groups (broad SMARTS) is 1. The summed E-state index contributed by atoms with van der Waals surface area (Å²) in [4.78, 5) is 16.2. The lowest BCUT2D eigenvalue weighted by atomic mass is 9.96. The van der Waals surface area contributed by atoms with E-state index in [2.05, 4.69) is 4.98 Å². The first-order valence-electron chi connectivity index (χ1n) is 10.8. The van der Waals surface area contributed by atoms with Crippen LogP contribution in [0.4, 0.5) is 0 Å². The highest BCUT2D eigenvalue weighted by molar-refractivity contribution is 6.31. The normalized spacial score (nSPS) is 12.7. The molecule has 4 rings (SSSR count). The fourth-order valence-corrected chi connectivity index (χ4v) is 3.73. The van der Waals surface area contributed by atoms with Crippen molar-refractivity contribution < 1.29 is 14.6 Å². The predicted octanol–water partition coefficient (Wildman–Crippen LogP) is 6.35. The van der Waals surface area contributed by atoms with Gasteiger partial charge in [-0.2, -0.15) is 0 Å². The number of nitrogens with zero attached hydrogens (tertiary/aromatic N) is 1. The summed E-state index contributed by atoms with van der Waals surface area (Å²) in [5.74, 6) is -0.602. The van der Waals surface area contributed by atoms with Gasteiger partial charge in [0.15, 0.2) is 5.60 Å². The molecule has 34 heavy (non-hydrogen) atoms. The van der Waals surface area contributed by atoms with Crippen LogP contribution in [0.3, 0.4) is 0 Å². The molecule has 0 radical (unpaired) electrons. The lowest BCUT2D eigenvalue weighted by Gasteiger charge is -2.25. The van der Waals surface area contributed by atoms with Gasteiger partial charge in [0.1, 0.15) is 5.75 Å². The summed E-state index contributed by atoms with van der Waals surface area (Å²) in [6.45, 7) is 3.02. The minimum absolute atomic E-state index is 0.447. The molecular weight excluding hydrogens is 448 g/mol. The summed E-state index contributed by atoms with van der Waals surface area (Å²) in [5.41, 5.74) is 9.42. The molecule has 0 aliphatic heterocycles. The van der Waals surface area contributed by atoms with Crippen LogP contribution < -0.4 is 10.5 Å². The molecule has 0 spiro atoms. The highest BCUT2D eigenvalue weighted by atomic mass is 35.5. The van der Waals surface area contributed by atoms with E-state index in [0.29, 0.717) is 16.3 Å². The molecule has 1 aromatic heterocycles. The molecule has 0 bridgehead atoms. The monoisotopic (exact) mass is 472 g/mol. The van der Waals surface area contributed by atoms with E-state index >= 15 is 0 Å². The first-order valence-corrected chi connectivity index (χ1v) is 11.2. The van der Waals surface area contributed by atoms with E-state index in [1.807, 2.05) is 78.9 Å². The Morgan fingerprint density at radius 2 is 1.79 bits per heavy atom. The number of nitrogens with two attached hydrogens (primary N) is 1. The molecule has 0 aliphatic carbocycles. The van der Waals surface area contributed by atoms with Crippen molar-refractivity contribution in [2.75, 3.05) is 0 Å². The third kappa shape index (κ3) is 5.28. The van der Waals surface area contributed by atoms with Crippen molar-refractivity contribution in [3.63, 3.8) is 0 Å². The molecule has 0 fully saturated rings. The van der Waals surface area contributed by atoms with Gasteiger partial charge in [-0.15, -0.1) is 0 Å². The largest absolute Gasteiger partial charge is 0.478 e. The molecule has 1 heterocycles. The molecule has 0 saturated carbocycles. The van der Waals surface area contributed by atoms with Crippen molar-refractivity contribution >= 4 is 40.6 Å². The second-order valence-electron chi connectivity index (χ2n) is 8.51. The maximum Gasteiger partial charge on any atom is 0.347 e. The van der Waals surface area contributed by atoms with Crippen LogP contribution in [-0.2, 0) is 4.79 Å². The molecule has 3 aromatic carbocycles. The van der Waals surface area contributed by atoms with Gasteiger partial charge in [0.2, 0.25) is 0 Å². The SMILES string of the molecule is CC(C)(Oc1ccccc1C(N)c1cccc(/C=C/c2ccc3ccc(Cl)cc3n2)c1)C(=O)O. The molecule has 6 heteroatoms. The van der Waals surface area contributed by atoms with Crippen LogP contribution in [0.25, 0.3) is 23.1 Å². The van der Waals surface area contributed by atoms with Gasteiger partial charge < -0.3 is 15.6 Å². The summed E-state index contributed by atoms with van der Waals surface area (Å²) in [5, 5.41) is 11.1. The number of hydrogen-bond acceptors (Lipinski definition) is 4. The molecule has 0 amide bonds. The average molecular weight is 473 g/mol. The summed E-state index contributed by atoms with van der Waals surface area (Å²) in [6, 6.07) is 24.2. The highest BCUT2D eigenvalue weighted by Gasteiger charge is 2.30. The zero-order chi connectivity index (χ0) is 24.3. The molecule has 5 nitrogen and oxygen atoms in total. The smallest absolute Gasteiger partial charge is 0.347 e. The summed E-state index contributed by atoms with van der Waals surface area (Å²) in [6.07, 6.45) is 3.92. The van der Waals surface area contributed by atoms with Gasteiger partial charge >= 0.3 is 5.97 Å².